The molecular weight excluding hydrogens is 380 g/mol. The van der Waals surface area contributed by atoms with Crippen LogP contribution in [0.5, 0.6) is 0 Å². The van der Waals surface area contributed by atoms with Crippen LogP contribution in [0.1, 0.15) is 29.9 Å². The summed E-state index contributed by atoms with van der Waals surface area (Å²) in [4.78, 5) is 39.3. The maximum atomic E-state index is 12.5. The van der Waals surface area contributed by atoms with E-state index in [4.69, 9.17) is 11.6 Å². The quantitative estimate of drug-likeness (QED) is 0.573. The molecule has 1 aromatic heterocycles. The molecule has 0 radical (unpaired) electrons. The molecule has 0 bridgehead atoms. The molecule has 0 aliphatic rings. The van der Waals surface area contributed by atoms with Crippen LogP contribution in [-0.4, -0.2) is 27.8 Å². The molecular formula is C16H17ClN4O4S. The number of nitrogens with zero attached hydrogens (tertiary/aromatic N) is 2. The first-order chi connectivity index (χ1) is 12.2. The number of benzene rings is 1. The SMILES string of the molecule is Cc1csc(NC(=O)[C@H](NC(=O)c2ccc([N+](=O)[O-])cc2Cl)C(C)C)n1. The summed E-state index contributed by atoms with van der Waals surface area (Å²) in [6, 6.07) is 2.72. The number of nitro groups is 1. The lowest BCUT2D eigenvalue weighted by atomic mass is 10.0. The summed E-state index contributed by atoms with van der Waals surface area (Å²) in [5.74, 6) is -1.19. The molecule has 2 amide bonds. The third kappa shape index (κ3) is 4.77. The average Bonchev–Trinajstić information content (AvgIpc) is 2.96. The van der Waals surface area contributed by atoms with E-state index in [1.54, 1.807) is 19.2 Å². The molecule has 138 valence electrons. The van der Waals surface area contributed by atoms with Crippen LogP contribution in [0.4, 0.5) is 10.8 Å². The third-order valence-electron chi connectivity index (χ3n) is 3.49. The first kappa shape index (κ1) is 19.8. The second-order valence-electron chi connectivity index (χ2n) is 5.90. The number of rotatable bonds is 6. The Bertz CT molecular complexity index is 853. The number of anilines is 1. The number of nitrogens with one attached hydrogen (secondary N) is 2. The fraction of sp³-hybridized carbons (Fsp3) is 0.312. The molecule has 0 saturated heterocycles. The lowest BCUT2D eigenvalue weighted by Gasteiger charge is -2.21. The van der Waals surface area contributed by atoms with Crippen LogP contribution in [0.15, 0.2) is 23.6 Å². The van der Waals surface area contributed by atoms with Crippen LogP contribution >= 0.6 is 22.9 Å². The van der Waals surface area contributed by atoms with Crippen molar-refractivity contribution in [2.24, 2.45) is 5.92 Å². The smallest absolute Gasteiger partial charge is 0.270 e. The van der Waals surface area contributed by atoms with Gasteiger partial charge in [0.15, 0.2) is 5.13 Å². The van der Waals surface area contributed by atoms with E-state index in [2.05, 4.69) is 15.6 Å². The Hall–Kier alpha value is -2.52. The lowest BCUT2D eigenvalue weighted by Crippen LogP contribution is -2.47. The molecule has 2 aromatic rings. The van der Waals surface area contributed by atoms with Gasteiger partial charge in [0, 0.05) is 17.5 Å². The summed E-state index contributed by atoms with van der Waals surface area (Å²) < 4.78 is 0. The van der Waals surface area contributed by atoms with Gasteiger partial charge in [0.1, 0.15) is 6.04 Å². The van der Waals surface area contributed by atoms with E-state index in [9.17, 15) is 19.7 Å². The van der Waals surface area contributed by atoms with E-state index in [1.165, 1.54) is 23.5 Å². The normalized spacial score (nSPS) is 11.9. The van der Waals surface area contributed by atoms with Gasteiger partial charge in [0.05, 0.1) is 21.2 Å². The molecule has 2 rings (SSSR count). The zero-order valence-electron chi connectivity index (χ0n) is 14.3. The monoisotopic (exact) mass is 396 g/mol. The highest BCUT2D eigenvalue weighted by atomic mass is 35.5. The van der Waals surface area contributed by atoms with Gasteiger partial charge in [-0.2, -0.15) is 0 Å². The summed E-state index contributed by atoms with van der Waals surface area (Å²) in [6.45, 7) is 5.38. The van der Waals surface area contributed by atoms with Crippen molar-refractivity contribution in [3.63, 3.8) is 0 Å². The van der Waals surface area contributed by atoms with Gasteiger partial charge in [-0.15, -0.1) is 11.3 Å². The highest BCUT2D eigenvalue weighted by Crippen LogP contribution is 2.23. The molecule has 2 N–H and O–H groups in total. The minimum Gasteiger partial charge on any atom is -0.340 e. The average molecular weight is 397 g/mol. The van der Waals surface area contributed by atoms with Crippen LogP contribution in [-0.2, 0) is 4.79 Å². The van der Waals surface area contributed by atoms with Gasteiger partial charge in [-0.3, -0.25) is 19.7 Å². The molecule has 1 atom stereocenters. The molecule has 0 fully saturated rings. The second kappa shape index (κ2) is 8.24. The molecule has 8 nitrogen and oxygen atoms in total. The summed E-state index contributed by atoms with van der Waals surface area (Å²) in [5.41, 5.74) is 0.623. The first-order valence-electron chi connectivity index (χ1n) is 7.67. The van der Waals surface area contributed by atoms with Crippen LogP contribution in [0, 0.1) is 23.0 Å². The number of carbonyl (C=O) groups is 2. The number of thiazole rings is 1. The summed E-state index contributed by atoms with van der Waals surface area (Å²) in [6.07, 6.45) is 0. The Morgan fingerprint density at radius 1 is 1.35 bits per heavy atom. The summed E-state index contributed by atoms with van der Waals surface area (Å²) >= 11 is 7.26. The third-order valence-corrected chi connectivity index (χ3v) is 4.68. The van der Waals surface area contributed by atoms with Gasteiger partial charge in [0.25, 0.3) is 11.6 Å². The van der Waals surface area contributed by atoms with Crippen molar-refractivity contribution in [2.75, 3.05) is 5.32 Å². The van der Waals surface area contributed by atoms with Crippen molar-refractivity contribution >= 4 is 45.6 Å². The molecule has 0 saturated carbocycles. The highest BCUT2D eigenvalue weighted by molar-refractivity contribution is 7.13. The molecule has 26 heavy (non-hydrogen) atoms. The number of non-ortho nitro benzene ring substituents is 1. The number of hydrogen-bond donors (Lipinski definition) is 2. The fourth-order valence-corrected chi connectivity index (χ4v) is 3.10. The molecule has 0 aliphatic carbocycles. The van der Waals surface area contributed by atoms with Crippen molar-refractivity contribution in [1.82, 2.24) is 10.3 Å². The number of nitro benzene ring substituents is 1. The number of halogens is 1. The Balaban J connectivity index is 2.15. The Kier molecular flexibility index (Phi) is 6.27. The number of amides is 2. The number of carbonyl (C=O) groups excluding carboxylic acids is 2. The summed E-state index contributed by atoms with van der Waals surface area (Å²) in [5, 5.41) is 18.2. The first-order valence-corrected chi connectivity index (χ1v) is 8.92. The maximum Gasteiger partial charge on any atom is 0.270 e. The van der Waals surface area contributed by atoms with Gasteiger partial charge in [-0.05, 0) is 18.9 Å². The van der Waals surface area contributed by atoms with E-state index < -0.39 is 22.8 Å². The van der Waals surface area contributed by atoms with Crippen LogP contribution in [0.25, 0.3) is 0 Å². The van der Waals surface area contributed by atoms with Crippen molar-refractivity contribution < 1.29 is 14.5 Å². The van der Waals surface area contributed by atoms with E-state index in [0.29, 0.717) is 5.13 Å². The zero-order valence-corrected chi connectivity index (χ0v) is 15.9. The predicted molar refractivity (Wildman–Crippen MR) is 99.7 cm³/mol. The van der Waals surface area contributed by atoms with E-state index in [1.807, 2.05) is 6.92 Å². The van der Waals surface area contributed by atoms with Crippen LogP contribution < -0.4 is 10.6 Å². The highest BCUT2D eigenvalue weighted by Gasteiger charge is 2.26. The minimum atomic E-state index is -0.821. The van der Waals surface area contributed by atoms with Gasteiger partial charge in [-0.1, -0.05) is 25.4 Å². The minimum absolute atomic E-state index is 0.0563. The lowest BCUT2D eigenvalue weighted by molar-refractivity contribution is -0.384. The van der Waals surface area contributed by atoms with E-state index in [0.717, 1.165) is 11.8 Å². The second-order valence-corrected chi connectivity index (χ2v) is 7.17. The number of hydrogen-bond acceptors (Lipinski definition) is 6. The fourth-order valence-electron chi connectivity index (χ4n) is 2.15. The topological polar surface area (TPSA) is 114 Å². The van der Waals surface area contributed by atoms with Crippen molar-refractivity contribution in [1.29, 1.82) is 0 Å². The standard InChI is InChI=1S/C16H17ClN4O4S/c1-8(2)13(15(23)20-16-18-9(3)7-26-16)19-14(22)11-5-4-10(21(24)25)6-12(11)17/h4-8,13H,1-3H3,(H,19,22)(H,18,20,23)/t13-/m1/s1. The van der Waals surface area contributed by atoms with Gasteiger partial charge < -0.3 is 10.6 Å². The van der Waals surface area contributed by atoms with Crippen molar-refractivity contribution in [3.05, 3.63) is 50.0 Å². The Labute approximate surface area is 158 Å². The Morgan fingerprint density at radius 2 is 2.04 bits per heavy atom. The molecule has 1 heterocycles. The van der Waals surface area contributed by atoms with E-state index in [-0.39, 0.29) is 22.2 Å². The number of aromatic nitrogens is 1. The van der Waals surface area contributed by atoms with Crippen LogP contribution in [0.2, 0.25) is 5.02 Å². The largest absolute Gasteiger partial charge is 0.340 e. The Morgan fingerprint density at radius 3 is 2.54 bits per heavy atom. The zero-order chi connectivity index (χ0) is 19.4. The van der Waals surface area contributed by atoms with Gasteiger partial charge >= 0.3 is 0 Å². The maximum absolute atomic E-state index is 12.5. The predicted octanol–water partition coefficient (Wildman–Crippen LogP) is 3.41. The van der Waals surface area contributed by atoms with Crippen molar-refractivity contribution in [3.8, 4) is 0 Å². The molecule has 0 spiro atoms. The van der Waals surface area contributed by atoms with Crippen LogP contribution in [0.3, 0.4) is 0 Å². The van der Waals surface area contributed by atoms with Gasteiger partial charge in [-0.25, -0.2) is 4.98 Å². The molecule has 0 unspecified atom stereocenters. The van der Waals surface area contributed by atoms with Crippen molar-refractivity contribution in [2.45, 2.75) is 26.8 Å². The summed E-state index contributed by atoms with van der Waals surface area (Å²) in [7, 11) is 0. The molecule has 1 aromatic carbocycles. The number of aryl methyl sites for hydroxylation is 1. The van der Waals surface area contributed by atoms with Gasteiger partial charge in [0.2, 0.25) is 5.91 Å². The molecule has 0 aliphatic heterocycles. The molecule has 10 heteroatoms. The van der Waals surface area contributed by atoms with E-state index >= 15 is 0 Å².